The molecular formula is C11H14N4O3. The van der Waals surface area contributed by atoms with Crippen molar-refractivity contribution in [3.8, 4) is 5.75 Å². The van der Waals surface area contributed by atoms with E-state index in [4.69, 9.17) is 4.74 Å². The van der Waals surface area contributed by atoms with Crippen LogP contribution in [0.5, 0.6) is 5.75 Å². The van der Waals surface area contributed by atoms with Crippen molar-refractivity contribution in [2.75, 3.05) is 19.2 Å². The summed E-state index contributed by atoms with van der Waals surface area (Å²) in [4.78, 5) is 10.3. The monoisotopic (exact) mass is 250 g/mol. The number of nitrogens with zero attached hydrogens (tertiary/aromatic N) is 3. The van der Waals surface area contributed by atoms with E-state index in [1.807, 2.05) is 25.2 Å². The summed E-state index contributed by atoms with van der Waals surface area (Å²) in [5, 5.41) is 14.3. The van der Waals surface area contributed by atoms with Gasteiger partial charge in [-0.3, -0.25) is 20.1 Å². The van der Waals surface area contributed by atoms with Crippen LogP contribution in [0.3, 0.4) is 0 Å². The molecule has 1 heterocycles. The molecule has 1 aromatic carbocycles. The van der Waals surface area contributed by atoms with E-state index in [-0.39, 0.29) is 5.69 Å². The Balaban J connectivity index is 2.37. The van der Waals surface area contributed by atoms with Gasteiger partial charge in [-0.1, -0.05) is 0 Å². The molecule has 0 bridgehead atoms. The number of benzene rings is 1. The Kier molecular flexibility index (Phi) is 3.07. The van der Waals surface area contributed by atoms with Crippen LogP contribution in [-0.4, -0.2) is 24.1 Å². The third-order valence-corrected chi connectivity index (χ3v) is 2.74. The Labute approximate surface area is 104 Å². The predicted octanol–water partition coefficient (Wildman–Crippen LogP) is 1.64. The molecule has 0 spiro atoms. The standard InChI is InChI=1S/C11H14N4O3/c1-8-7-14(12-13(8)2)10-5-4-9(15(16)17)6-11(10)18-3/h4-7,12H,1-3H3. The lowest BCUT2D eigenvalue weighted by atomic mass is 10.2. The third kappa shape index (κ3) is 2.07. The van der Waals surface area contributed by atoms with E-state index in [0.717, 1.165) is 5.70 Å². The molecule has 0 unspecified atom stereocenters. The minimum absolute atomic E-state index is 0.00357. The highest BCUT2D eigenvalue weighted by atomic mass is 16.6. The van der Waals surface area contributed by atoms with Crippen molar-refractivity contribution in [3.63, 3.8) is 0 Å². The molecule has 0 radical (unpaired) electrons. The molecule has 0 atom stereocenters. The molecule has 1 aromatic rings. The van der Waals surface area contributed by atoms with Crippen molar-refractivity contribution in [2.45, 2.75) is 6.92 Å². The van der Waals surface area contributed by atoms with E-state index in [1.165, 1.54) is 19.2 Å². The maximum Gasteiger partial charge on any atom is 0.273 e. The highest BCUT2D eigenvalue weighted by molar-refractivity contribution is 5.63. The van der Waals surface area contributed by atoms with Crippen LogP contribution in [0.4, 0.5) is 11.4 Å². The molecule has 18 heavy (non-hydrogen) atoms. The molecule has 1 aliphatic heterocycles. The topological polar surface area (TPSA) is 70.9 Å². The van der Waals surface area contributed by atoms with E-state index in [1.54, 1.807) is 11.1 Å². The minimum atomic E-state index is -0.447. The molecule has 96 valence electrons. The first kappa shape index (κ1) is 12.2. The van der Waals surface area contributed by atoms with Crippen LogP contribution in [0.15, 0.2) is 30.1 Å². The Morgan fingerprint density at radius 2 is 2.17 bits per heavy atom. The largest absolute Gasteiger partial charge is 0.494 e. The summed E-state index contributed by atoms with van der Waals surface area (Å²) >= 11 is 0. The van der Waals surface area contributed by atoms with Crippen LogP contribution >= 0.6 is 0 Å². The van der Waals surface area contributed by atoms with Crippen molar-refractivity contribution in [1.29, 1.82) is 0 Å². The van der Waals surface area contributed by atoms with Crippen LogP contribution in [0.1, 0.15) is 6.92 Å². The molecular weight excluding hydrogens is 236 g/mol. The summed E-state index contributed by atoms with van der Waals surface area (Å²) < 4.78 is 5.19. The number of nitro benzene ring substituents is 1. The van der Waals surface area contributed by atoms with E-state index >= 15 is 0 Å². The van der Waals surface area contributed by atoms with Crippen LogP contribution < -0.4 is 15.3 Å². The van der Waals surface area contributed by atoms with Gasteiger partial charge in [0.25, 0.3) is 5.69 Å². The van der Waals surface area contributed by atoms with E-state index in [2.05, 4.69) is 5.53 Å². The fourth-order valence-electron chi connectivity index (χ4n) is 1.65. The molecule has 7 nitrogen and oxygen atoms in total. The second-order valence-electron chi connectivity index (χ2n) is 3.91. The van der Waals surface area contributed by atoms with Crippen molar-refractivity contribution < 1.29 is 9.66 Å². The maximum atomic E-state index is 10.7. The zero-order valence-corrected chi connectivity index (χ0v) is 10.4. The third-order valence-electron chi connectivity index (χ3n) is 2.74. The average Bonchev–Trinajstić information content (AvgIpc) is 2.68. The Morgan fingerprint density at radius 1 is 1.44 bits per heavy atom. The van der Waals surface area contributed by atoms with Gasteiger partial charge >= 0.3 is 0 Å². The number of non-ortho nitro benzene ring substituents is 1. The number of nitrogens with one attached hydrogen (secondary N) is 1. The summed E-state index contributed by atoms with van der Waals surface area (Å²) in [5.74, 6) is 0.441. The highest BCUT2D eigenvalue weighted by Gasteiger charge is 2.20. The lowest BCUT2D eigenvalue weighted by Gasteiger charge is -2.21. The molecule has 0 fully saturated rings. The first-order valence-electron chi connectivity index (χ1n) is 5.33. The first-order valence-corrected chi connectivity index (χ1v) is 5.33. The van der Waals surface area contributed by atoms with Gasteiger partial charge in [0.15, 0.2) is 5.75 Å². The quantitative estimate of drug-likeness (QED) is 0.649. The zero-order chi connectivity index (χ0) is 13.3. The molecule has 0 saturated carbocycles. The van der Waals surface area contributed by atoms with Gasteiger partial charge < -0.3 is 4.74 Å². The molecule has 0 amide bonds. The van der Waals surface area contributed by atoms with Gasteiger partial charge in [-0.2, -0.15) is 0 Å². The normalized spacial score (nSPS) is 14.7. The number of methoxy groups -OCH3 is 1. The van der Waals surface area contributed by atoms with Gasteiger partial charge in [-0.05, 0) is 13.0 Å². The summed E-state index contributed by atoms with van der Waals surface area (Å²) in [5.41, 5.74) is 4.81. The van der Waals surface area contributed by atoms with E-state index in [0.29, 0.717) is 11.4 Å². The number of hydrogen-bond donors (Lipinski definition) is 1. The van der Waals surface area contributed by atoms with Crippen LogP contribution in [0.2, 0.25) is 0 Å². The lowest BCUT2D eigenvalue weighted by Crippen LogP contribution is -2.37. The van der Waals surface area contributed by atoms with Gasteiger partial charge in [-0.15, -0.1) is 5.53 Å². The molecule has 1 N–H and O–H groups in total. The maximum absolute atomic E-state index is 10.7. The summed E-state index contributed by atoms with van der Waals surface area (Å²) in [6.45, 7) is 1.95. The van der Waals surface area contributed by atoms with Crippen molar-refractivity contribution in [1.82, 2.24) is 10.5 Å². The fraction of sp³-hybridized carbons (Fsp3) is 0.273. The number of anilines is 1. The Hall–Kier alpha value is -2.28. The van der Waals surface area contributed by atoms with Crippen LogP contribution in [0.25, 0.3) is 0 Å². The molecule has 0 aliphatic carbocycles. The van der Waals surface area contributed by atoms with Crippen molar-refractivity contribution in [3.05, 3.63) is 40.2 Å². The number of hydrazine groups is 2. The molecule has 0 aromatic heterocycles. The fourth-order valence-corrected chi connectivity index (χ4v) is 1.65. The SMILES string of the molecule is COc1cc([N+](=O)[O-])ccc1N1C=C(C)N(C)N1. The molecule has 0 saturated heterocycles. The number of ether oxygens (including phenoxy) is 1. The smallest absolute Gasteiger partial charge is 0.273 e. The summed E-state index contributed by atoms with van der Waals surface area (Å²) in [6, 6.07) is 4.49. The number of allylic oxidation sites excluding steroid dienone is 1. The molecule has 2 rings (SSSR count). The van der Waals surface area contributed by atoms with Gasteiger partial charge in [0.1, 0.15) is 5.69 Å². The minimum Gasteiger partial charge on any atom is -0.494 e. The second-order valence-corrected chi connectivity index (χ2v) is 3.91. The van der Waals surface area contributed by atoms with Crippen molar-refractivity contribution in [2.24, 2.45) is 0 Å². The Bertz CT molecular complexity index is 515. The zero-order valence-electron chi connectivity index (χ0n) is 10.4. The second kappa shape index (κ2) is 4.53. The number of hydrogen-bond acceptors (Lipinski definition) is 6. The highest BCUT2D eigenvalue weighted by Crippen LogP contribution is 2.33. The summed E-state index contributed by atoms with van der Waals surface area (Å²) in [7, 11) is 3.36. The van der Waals surface area contributed by atoms with Crippen LogP contribution in [-0.2, 0) is 0 Å². The van der Waals surface area contributed by atoms with Gasteiger partial charge in [0.2, 0.25) is 0 Å². The predicted molar refractivity (Wildman–Crippen MR) is 66.8 cm³/mol. The molecule has 1 aliphatic rings. The van der Waals surface area contributed by atoms with Gasteiger partial charge in [-0.25, -0.2) is 0 Å². The first-order chi connectivity index (χ1) is 8.52. The van der Waals surface area contributed by atoms with Gasteiger partial charge in [0, 0.05) is 25.0 Å². The van der Waals surface area contributed by atoms with Crippen molar-refractivity contribution >= 4 is 11.4 Å². The summed E-state index contributed by atoms with van der Waals surface area (Å²) in [6.07, 6.45) is 1.88. The lowest BCUT2D eigenvalue weighted by molar-refractivity contribution is -0.384. The van der Waals surface area contributed by atoms with Gasteiger partial charge in [0.05, 0.1) is 18.1 Å². The number of nitro groups is 1. The van der Waals surface area contributed by atoms with E-state index in [9.17, 15) is 10.1 Å². The van der Waals surface area contributed by atoms with E-state index < -0.39 is 4.92 Å². The molecule has 7 heteroatoms. The Morgan fingerprint density at radius 3 is 2.67 bits per heavy atom. The van der Waals surface area contributed by atoms with Crippen LogP contribution in [0, 0.1) is 10.1 Å². The number of rotatable bonds is 3. The average molecular weight is 250 g/mol.